The molecule has 1 aliphatic rings. The molecule has 1 aliphatic heterocycles. The SMILES string of the molecule is CN(C(=O)CN1CC=C(c2ccccc2)CC1)C(C)(C)C#N. The first-order chi connectivity index (χ1) is 10.4. The van der Waals surface area contributed by atoms with Gasteiger partial charge in [0.25, 0.3) is 0 Å². The first-order valence-corrected chi connectivity index (χ1v) is 7.59. The number of rotatable bonds is 4. The second kappa shape index (κ2) is 6.76. The number of hydrogen-bond acceptors (Lipinski definition) is 3. The summed E-state index contributed by atoms with van der Waals surface area (Å²) in [5.74, 6) is -0.0110. The van der Waals surface area contributed by atoms with E-state index in [1.54, 1.807) is 20.9 Å². The van der Waals surface area contributed by atoms with Crippen molar-refractivity contribution in [2.24, 2.45) is 0 Å². The molecule has 1 amide bonds. The molecule has 4 nitrogen and oxygen atoms in total. The Labute approximate surface area is 132 Å². The highest BCUT2D eigenvalue weighted by Gasteiger charge is 2.28. The number of hydrogen-bond donors (Lipinski definition) is 0. The van der Waals surface area contributed by atoms with E-state index in [0.29, 0.717) is 6.54 Å². The second-order valence-corrected chi connectivity index (χ2v) is 6.20. The fourth-order valence-corrected chi connectivity index (χ4v) is 2.45. The predicted molar refractivity (Wildman–Crippen MR) is 87.9 cm³/mol. The molecular weight excluding hydrogens is 274 g/mol. The van der Waals surface area contributed by atoms with E-state index in [1.165, 1.54) is 16.0 Å². The third kappa shape index (κ3) is 3.75. The second-order valence-electron chi connectivity index (χ2n) is 6.20. The number of likely N-dealkylation sites (N-methyl/N-ethyl adjacent to an activating group) is 1. The van der Waals surface area contributed by atoms with Gasteiger partial charge in [-0.15, -0.1) is 0 Å². The smallest absolute Gasteiger partial charge is 0.237 e. The number of benzene rings is 1. The summed E-state index contributed by atoms with van der Waals surface area (Å²) in [6, 6.07) is 12.5. The summed E-state index contributed by atoms with van der Waals surface area (Å²) >= 11 is 0. The van der Waals surface area contributed by atoms with Crippen molar-refractivity contribution in [3.63, 3.8) is 0 Å². The highest BCUT2D eigenvalue weighted by molar-refractivity contribution is 5.79. The van der Waals surface area contributed by atoms with Crippen LogP contribution in [-0.4, -0.2) is 47.9 Å². The molecule has 1 aromatic carbocycles. The maximum absolute atomic E-state index is 12.3. The molecule has 2 rings (SSSR count). The van der Waals surface area contributed by atoms with Gasteiger partial charge in [-0.25, -0.2) is 0 Å². The number of nitrogens with zero attached hydrogens (tertiary/aromatic N) is 3. The monoisotopic (exact) mass is 297 g/mol. The molecular formula is C18H23N3O. The molecule has 4 heteroatoms. The minimum Gasteiger partial charge on any atom is -0.326 e. The van der Waals surface area contributed by atoms with Gasteiger partial charge in [0, 0.05) is 20.1 Å². The van der Waals surface area contributed by atoms with Gasteiger partial charge in [-0.2, -0.15) is 5.26 Å². The Morgan fingerprint density at radius 1 is 1.36 bits per heavy atom. The van der Waals surface area contributed by atoms with Crippen molar-refractivity contribution in [3.05, 3.63) is 42.0 Å². The van der Waals surface area contributed by atoms with Crippen LogP contribution in [0.15, 0.2) is 36.4 Å². The van der Waals surface area contributed by atoms with Crippen LogP contribution >= 0.6 is 0 Å². The van der Waals surface area contributed by atoms with Gasteiger partial charge in [0.2, 0.25) is 5.91 Å². The van der Waals surface area contributed by atoms with E-state index in [1.807, 2.05) is 18.2 Å². The third-order valence-corrected chi connectivity index (χ3v) is 4.28. The molecule has 0 bridgehead atoms. The third-order valence-electron chi connectivity index (χ3n) is 4.28. The summed E-state index contributed by atoms with van der Waals surface area (Å²) < 4.78 is 0. The summed E-state index contributed by atoms with van der Waals surface area (Å²) in [5.41, 5.74) is 1.84. The van der Waals surface area contributed by atoms with Crippen LogP contribution in [0.1, 0.15) is 25.8 Å². The summed E-state index contributed by atoms with van der Waals surface area (Å²) in [6.07, 6.45) is 3.14. The molecule has 0 unspecified atom stereocenters. The van der Waals surface area contributed by atoms with Crippen molar-refractivity contribution >= 4 is 11.5 Å². The molecule has 0 radical (unpaired) electrons. The zero-order valence-electron chi connectivity index (χ0n) is 13.5. The molecule has 0 spiro atoms. The molecule has 116 valence electrons. The molecule has 22 heavy (non-hydrogen) atoms. The van der Waals surface area contributed by atoms with Crippen LogP contribution in [0.25, 0.3) is 5.57 Å². The fourth-order valence-electron chi connectivity index (χ4n) is 2.45. The minimum atomic E-state index is -0.766. The first-order valence-electron chi connectivity index (χ1n) is 7.59. The lowest BCUT2D eigenvalue weighted by Gasteiger charge is -2.32. The van der Waals surface area contributed by atoms with E-state index in [4.69, 9.17) is 5.26 Å². The Kier molecular flexibility index (Phi) is 4.99. The van der Waals surface area contributed by atoms with Crippen molar-refractivity contribution in [2.75, 3.05) is 26.7 Å². The Morgan fingerprint density at radius 2 is 2.05 bits per heavy atom. The molecule has 0 fully saturated rings. The van der Waals surface area contributed by atoms with Crippen LogP contribution in [0.5, 0.6) is 0 Å². The molecule has 0 saturated carbocycles. The lowest BCUT2D eigenvalue weighted by Crippen LogP contribution is -2.48. The molecule has 1 heterocycles. The summed E-state index contributed by atoms with van der Waals surface area (Å²) in [5, 5.41) is 9.11. The van der Waals surface area contributed by atoms with Gasteiger partial charge >= 0.3 is 0 Å². The van der Waals surface area contributed by atoms with E-state index in [-0.39, 0.29) is 5.91 Å². The van der Waals surface area contributed by atoms with Gasteiger partial charge in [-0.05, 0) is 31.4 Å². The Hall–Kier alpha value is -2.12. The van der Waals surface area contributed by atoms with Crippen molar-refractivity contribution in [3.8, 4) is 6.07 Å². The molecule has 0 atom stereocenters. The standard InChI is InChI=1S/C18H23N3O/c1-18(2,14-19)20(3)17(22)13-21-11-9-16(10-12-21)15-7-5-4-6-8-15/h4-9H,10-13H2,1-3H3. The van der Waals surface area contributed by atoms with E-state index in [0.717, 1.165) is 19.5 Å². The Balaban J connectivity index is 1.94. The molecule has 1 aromatic rings. The predicted octanol–water partition coefficient (Wildman–Crippen LogP) is 2.54. The largest absolute Gasteiger partial charge is 0.326 e. The van der Waals surface area contributed by atoms with E-state index in [9.17, 15) is 4.79 Å². The zero-order chi connectivity index (χ0) is 16.2. The van der Waals surface area contributed by atoms with Gasteiger partial charge in [0.15, 0.2) is 0 Å². The molecule has 0 aliphatic carbocycles. The average molecular weight is 297 g/mol. The maximum atomic E-state index is 12.3. The van der Waals surface area contributed by atoms with Crippen LogP contribution in [-0.2, 0) is 4.79 Å². The van der Waals surface area contributed by atoms with E-state index in [2.05, 4.69) is 29.2 Å². The van der Waals surface area contributed by atoms with Crippen molar-refractivity contribution in [1.82, 2.24) is 9.80 Å². The normalized spacial score (nSPS) is 15.8. The lowest BCUT2D eigenvalue weighted by atomic mass is 9.99. The number of nitriles is 1. The quantitative estimate of drug-likeness (QED) is 0.858. The highest BCUT2D eigenvalue weighted by Crippen LogP contribution is 2.22. The topological polar surface area (TPSA) is 47.3 Å². The lowest BCUT2D eigenvalue weighted by molar-refractivity contribution is -0.134. The van der Waals surface area contributed by atoms with Crippen LogP contribution < -0.4 is 0 Å². The van der Waals surface area contributed by atoms with Crippen molar-refractivity contribution in [1.29, 1.82) is 5.26 Å². The van der Waals surface area contributed by atoms with E-state index < -0.39 is 5.54 Å². The number of carbonyl (C=O) groups excluding carboxylic acids is 1. The van der Waals surface area contributed by atoms with Crippen LogP contribution in [0.3, 0.4) is 0 Å². The maximum Gasteiger partial charge on any atom is 0.237 e. The Morgan fingerprint density at radius 3 is 2.59 bits per heavy atom. The average Bonchev–Trinajstić information content (AvgIpc) is 2.55. The number of carbonyl (C=O) groups is 1. The highest BCUT2D eigenvalue weighted by atomic mass is 16.2. The molecule has 0 saturated heterocycles. The van der Waals surface area contributed by atoms with Crippen LogP contribution in [0.2, 0.25) is 0 Å². The van der Waals surface area contributed by atoms with E-state index >= 15 is 0 Å². The zero-order valence-corrected chi connectivity index (χ0v) is 13.5. The van der Waals surface area contributed by atoms with Crippen molar-refractivity contribution < 1.29 is 4.79 Å². The number of amides is 1. The van der Waals surface area contributed by atoms with Gasteiger partial charge in [0.05, 0.1) is 12.6 Å². The van der Waals surface area contributed by atoms with Crippen LogP contribution in [0, 0.1) is 11.3 Å². The summed E-state index contributed by atoms with van der Waals surface area (Å²) in [7, 11) is 1.70. The fraction of sp³-hybridized carbons (Fsp3) is 0.444. The molecule has 0 aromatic heterocycles. The van der Waals surface area contributed by atoms with Gasteiger partial charge in [0.1, 0.15) is 5.54 Å². The van der Waals surface area contributed by atoms with Crippen LogP contribution in [0.4, 0.5) is 0 Å². The first kappa shape index (κ1) is 16.3. The van der Waals surface area contributed by atoms with Gasteiger partial charge in [-0.1, -0.05) is 36.4 Å². The van der Waals surface area contributed by atoms with Gasteiger partial charge < -0.3 is 4.90 Å². The summed E-state index contributed by atoms with van der Waals surface area (Å²) in [6.45, 7) is 5.52. The summed E-state index contributed by atoms with van der Waals surface area (Å²) in [4.78, 5) is 15.9. The Bertz CT molecular complexity index is 599. The van der Waals surface area contributed by atoms with Gasteiger partial charge in [-0.3, -0.25) is 9.69 Å². The van der Waals surface area contributed by atoms with Crippen molar-refractivity contribution in [2.45, 2.75) is 25.8 Å². The molecule has 0 N–H and O–H groups in total. The minimum absolute atomic E-state index is 0.0110.